The number of rotatable bonds is 2. The summed E-state index contributed by atoms with van der Waals surface area (Å²) in [6.07, 6.45) is 4.31. The maximum atomic E-state index is 13.2. The molecule has 0 saturated carbocycles. The lowest BCUT2D eigenvalue weighted by molar-refractivity contribution is -0.140. The third kappa shape index (κ3) is 2.57. The van der Waals surface area contributed by atoms with Crippen molar-refractivity contribution in [3.63, 3.8) is 0 Å². The third-order valence-corrected chi connectivity index (χ3v) is 7.71. The predicted molar refractivity (Wildman–Crippen MR) is 85.4 cm³/mol. The van der Waals surface area contributed by atoms with E-state index in [9.17, 15) is 13.2 Å². The lowest BCUT2D eigenvalue weighted by Crippen LogP contribution is -2.64. The van der Waals surface area contributed by atoms with Crippen LogP contribution >= 0.6 is 0 Å². The number of amides is 1. The molecule has 2 atom stereocenters. The highest BCUT2D eigenvalue weighted by Crippen LogP contribution is 2.33. The molecular formula is C15H27N3O3S. The highest BCUT2D eigenvalue weighted by atomic mass is 32.2. The van der Waals surface area contributed by atoms with Crippen molar-refractivity contribution in [2.45, 2.75) is 49.4 Å². The zero-order valence-electron chi connectivity index (χ0n) is 13.5. The minimum absolute atomic E-state index is 0.0929. The number of hydrogen-bond acceptors (Lipinski definition) is 5. The normalized spacial score (nSPS) is 32.7. The van der Waals surface area contributed by atoms with E-state index in [1.807, 2.05) is 11.8 Å². The molecule has 1 amide bonds. The Morgan fingerprint density at radius 2 is 1.91 bits per heavy atom. The second-order valence-electron chi connectivity index (χ2n) is 7.11. The summed E-state index contributed by atoms with van der Waals surface area (Å²) in [5.74, 6) is -0.157. The fourth-order valence-electron chi connectivity index (χ4n) is 4.31. The van der Waals surface area contributed by atoms with Crippen molar-refractivity contribution in [2.75, 3.05) is 39.0 Å². The average Bonchev–Trinajstić information content (AvgIpc) is 2.92. The van der Waals surface area contributed by atoms with Gasteiger partial charge in [-0.15, -0.1) is 0 Å². The molecule has 0 aromatic heterocycles. The predicted octanol–water partition coefficient (Wildman–Crippen LogP) is -0.152. The molecule has 0 aliphatic carbocycles. The van der Waals surface area contributed by atoms with Crippen molar-refractivity contribution in [1.82, 2.24) is 15.1 Å². The van der Waals surface area contributed by atoms with Gasteiger partial charge in [-0.3, -0.25) is 9.69 Å². The Morgan fingerprint density at radius 3 is 2.55 bits per heavy atom. The molecule has 0 aromatic rings. The molecule has 3 heterocycles. The van der Waals surface area contributed by atoms with Gasteiger partial charge in [0.2, 0.25) is 5.91 Å². The van der Waals surface area contributed by atoms with Crippen molar-refractivity contribution in [1.29, 1.82) is 0 Å². The van der Waals surface area contributed by atoms with Crippen LogP contribution in [-0.4, -0.2) is 79.9 Å². The molecule has 0 radical (unpaired) electrons. The largest absolute Gasteiger partial charge is 0.336 e. The molecule has 3 aliphatic rings. The minimum Gasteiger partial charge on any atom is -0.336 e. The highest BCUT2D eigenvalue weighted by molar-refractivity contribution is 7.92. The maximum Gasteiger partial charge on any atom is 0.244 e. The Morgan fingerprint density at radius 1 is 1.23 bits per heavy atom. The molecule has 22 heavy (non-hydrogen) atoms. The molecule has 3 rings (SSSR count). The van der Waals surface area contributed by atoms with Crippen molar-refractivity contribution >= 4 is 15.7 Å². The van der Waals surface area contributed by atoms with Gasteiger partial charge in [0, 0.05) is 31.4 Å². The zero-order chi connectivity index (χ0) is 16.0. The number of carbonyl (C=O) groups excluding carboxylic acids is 1. The van der Waals surface area contributed by atoms with Crippen molar-refractivity contribution in [3.8, 4) is 0 Å². The number of fused-ring (bicyclic) bond motifs is 1. The number of nitrogens with one attached hydrogen (secondary N) is 1. The van der Waals surface area contributed by atoms with Crippen LogP contribution in [0.4, 0.5) is 0 Å². The summed E-state index contributed by atoms with van der Waals surface area (Å²) in [6, 6.07) is 0.508. The fourth-order valence-corrected chi connectivity index (χ4v) is 5.69. The Bertz CT molecular complexity index is 542. The summed E-state index contributed by atoms with van der Waals surface area (Å²) in [4.78, 5) is 17.5. The van der Waals surface area contributed by atoms with Crippen LogP contribution in [0.5, 0.6) is 0 Å². The van der Waals surface area contributed by atoms with Crippen LogP contribution < -0.4 is 5.32 Å². The molecule has 0 spiro atoms. The van der Waals surface area contributed by atoms with E-state index in [1.165, 1.54) is 12.7 Å². The fraction of sp³-hybridized carbons (Fsp3) is 0.933. The Kier molecular flexibility index (Phi) is 4.24. The van der Waals surface area contributed by atoms with Gasteiger partial charge in [0.25, 0.3) is 0 Å². The van der Waals surface area contributed by atoms with Crippen LogP contribution in [0.15, 0.2) is 0 Å². The molecule has 0 aromatic carbocycles. The van der Waals surface area contributed by atoms with E-state index in [2.05, 4.69) is 10.2 Å². The molecule has 3 saturated heterocycles. The second-order valence-corrected chi connectivity index (χ2v) is 9.44. The lowest BCUT2D eigenvalue weighted by Gasteiger charge is -2.46. The smallest absolute Gasteiger partial charge is 0.244 e. The van der Waals surface area contributed by atoms with E-state index in [-0.39, 0.29) is 11.9 Å². The van der Waals surface area contributed by atoms with Gasteiger partial charge in [0.15, 0.2) is 14.6 Å². The van der Waals surface area contributed by atoms with E-state index in [0.29, 0.717) is 38.5 Å². The SMILES string of the molecule is CC1CN2CCCC2CN1C(=O)C1(S(C)(=O)=O)CCNCC1. The topological polar surface area (TPSA) is 69.7 Å². The van der Waals surface area contributed by atoms with Crippen molar-refractivity contribution < 1.29 is 13.2 Å². The Labute approximate surface area is 133 Å². The third-order valence-electron chi connectivity index (χ3n) is 5.71. The quantitative estimate of drug-likeness (QED) is 0.763. The molecule has 2 unspecified atom stereocenters. The molecule has 7 heteroatoms. The number of nitrogens with zero attached hydrogens (tertiary/aromatic N) is 2. The highest BCUT2D eigenvalue weighted by Gasteiger charge is 2.52. The van der Waals surface area contributed by atoms with Crippen LogP contribution in [0.1, 0.15) is 32.6 Å². The first kappa shape index (κ1) is 16.2. The van der Waals surface area contributed by atoms with Crippen LogP contribution in [0.2, 0.25) is 0 Å². The van der Waals surface area contributed by atoms with Gasteiger partial charge in [0.1, 0.15) is 0 Å². The second kappa shape index (κ2) is 5.76. The molecular weight excluding hydrogens is 302 g/mol. The maximum absolute atomic E-state index is 13.2. The molecule has 6 nitrogen and oxygen atoms in total. The molecule has 126 valence electrons. The summed E-state index contributed by atoms with van der Waals surface area (Å²) in [7, 11) is -3.43. The zero-order valence-corrected chi connectivity index (χ0v) is 14.4. The number of carbonyl (C=O) groups is 1. The Balaban J connectivity index is 1.87. The van der Waals surface area contributed by atoms with Crippen molar-refractivity contribution in [3.05, 3.63) is 0 Å². The van der Waals surface area contributed by atoms with Gasteiger partial charge in [-0.1, -0.05) is 0 Å². The van der Waals surface area contributed by atoms with Gasteiger partial charge < -0.3 is 10.2 Å². The number of piperidine rings is 1. The first-order valence-electron chi connectivity index (χ1n) is 8.30. The van der Waals surface area contributed by atoms with Gasteiger partial charge in [0.05, 0.1) is 0 Å². The van der Waals surface area contributed by atoms with Crippen LogP contribution in [0, 0.1) is 0 Å². The average molecular weight is 329 g/mol. The van der Waals surface area contributed by atoms with Gasteiger partial charge in [-0.2, -0.15) is 0 Å². The van der Waals surface area contributed by atoms with Crippen LogP contribution in [0.3, 0.4) is 0 Å². The van der Waals surface area contributed by atoms with Gasteiger partial charge in [-0.25, -0.2) is 8.42 Å². The first-order chi connectivity index (χ1) is 10.3. The van der Waals surface area contributed by atoms with E-state index >= 15 is 0 Å². The number of sulfone groups is 1. The minimum atomic E-state index is -3.43. The van der Waals surface area contributed by atoms with Crippen LogP contribution in [-0.2, 0) is 14.6 Å². The summed E-state index contributed by atoms with van der Waals surface area (Å²) in [6.45, 7) is 5.90. The lowest BCUT2D eigenvalue weighted by atomic mass is 9.93. The van der Waals surface area contributed by atoms with Crippen LogP contribution in [0.25, 0.3) is 0 Å². The standard InChI is InChI=1S/C15H27N3O3S/c1-12-10-17-9-3-4-13(17)11-18(12)14(19)15(22(2,20)21)5-7-16-8-6-15/h12-13,16H,3-11H2,1-2H3. The summed E-state index contributed by atoms with van der Waals surface area (Å²) >= 11 is 0. The monoisotopic (exact) mass is 329 g/mol. The summed E-state index contributed by atoms with van der Waals surface area (Å²) in [5, 5.41) is 3.17. The molecule has 1 N–H and O–H groups in total. The molecule has 3 aliphatic heterocycles. The first-order valence-corrected chi connectivity index (χ1v) is 10.2. The summed E-state index contributed by atoms with van der Waals surface area (Å²) in [5.41, 5.74) is 0. The van der Waals surface area contributed by atoms with E-state index in [4.69, 9.17) is 0 Å². The number of hydrogen-bond donors (Lipinski definition) is 1. The molecule has 3 fully saturated rings. The van der Waals surface area contributed by atoms with E-state index in [1.54, 1.807) is 0 Å². The van der Waals surface area contributed by atoms with E-state index in [0.717, 1.165) is 19.5 Å². The van der Waals surface area contributed by atoms with Gasteiger partial charge in [-0.05, 0) is 52.2 Å². The molecule has 0 bridgehead atoms. The van der Waals surface area contributed by atoms with Crippen molar-refractivity contribution in [2.24, 2.45) is 0 Å². The number of piperazine rings is 1. The van der Waals surface area contributed by atoms with E-state index < -0.39 is 14.6 Å². The summed E-state index contributed by atoms with van der Waals surface area (Å²) < 4.78 is 23.7. The van der Waals surface area contributed by atoms with Gasteiger partial charge >= 0.3 is 0 Å². The Hall–Kier alpha value is -0.660.